The normalized spacial score (nSPS) is 11.6. The Labute approximate surface area is 243 Å². The number of rotatable bonds is 11. The summed E-state index contributed by atoms with van der Waals surface area (Å²) in [4.78, 5) is 25.5. The predicted octanol–water partition coefficient (Wildman–Crippen LogP) is 4.93. The minimum atomic E-state index is -4.35. The van der Waals surface area contributed by atoms with Crippen molar-refractivity contribution in [2.24, 2.45) is 0 Å². The van der Waals surface area contributed by atoms with Crippen LogP contribution in [0.5, 0.6) is 17.2 Å². The smallest absolute Gasteiger partial charge is 0.300 e. The van der Waals surface area contributed by atoms with Gasteiger partial charge in [0.25, 0.3) is 20.2 Å². The summed E-state index contributed by atoms with van der Waals surface area (Å²) < 4.78 is 70.2. The molecule has 10 nitrogen and oxygen atoms in total. The molecule has 0 fully saturated rings. The first-order chi connectivity index (χ1) is 19.9. The summed E-state index contributed by atoms with van der Waals surface area (Å²) in [6.45, 7) is 1.55. The van der Waals surface area contributed by atoms with E-state index in [0.29, 0.717) is 22.4 Å². The van der Waals surface area contributed by atoms with Gasteiger partial charge in [0, 0.05) is 22.3 Å². The van der Waals surface area contributed by atoms with Crippen molar-refractivity contribution in [3.63, 3.8) is 0 Å². The van der Waals surface area contributed by atoms with Crippen molar-refractivity contribution in [3.05, 3.63) is 113 Å². The van der Waals surface area contributed by atoms with E-state index in [2.05, 4.69) is 8.37 Å². The summed E-state index contributed by atoms with van der Waals surface area (Å²) in [5, 5.41) is 0. The van der Waals surface area contributed by atoms with Crippen LogP contribution in [0.15, 0.2) is 94.7 Å². The van der Waals surface area contributed by atoms with Gasteiger partial charge in [0.15, 0.2) is 11.6 Å². The maximum absolute atomic E-state index is 13.3. The molecule has 12 heteroatoms. The molecule has 0 bridgehead atoms. The molecule has 42 heavy (non-hydrogen) atoms. The molecule has 4 rings (SSSR count). The summed E-state index contributed by atoms with van der Waals surface area (Å²) in [5.74, 6) is -0.155. The molecule has 0 N–H and O–H groups in total. The van der Waals surface area contributed by atoms with Crippen molar-refractivity contribution in [1.29, 1.82) is 0 Å². The molecule has 0 aliphatic rings. The minimum absolute atomic E-state index is 0.00257. The molecule has 0 unspecified atom stereocenters. The first-order valence-electron chi connectivity index (χ1n) is 12.3. The topological polar surface area (TPSA) is 139 Å². The van der Waals surface area contributed by atoms with E-state index in [1.807, 2.05) is 0 Å². The fourth-order valence-corrected chi connectivity index (χ4v) is 5.72. The highest BCUT2D eigenvalue weighted by Crippen LogP contribution is 2.32. The van der Waals surface area contributed by atoms with Crippen molar-refractivity contribution in [3.8, 4) is 17.2 Å². The molecular weight excluding hydrogens is 584 g/mol. The molecule has 218 valence electrons. The number of aryl methyl sites for hydroxylation is 1. The van der Waals surface area contributed by atoms with Gasteiger partial charge in [-0.15, -0.1) is 0 Å². The second kappa shape index (κ2) is 12.2. The van der Waals surface area contributed by atoms with E-state index in [-0.39, 0.29) is 33.3 Å². The van der Waals surface area contributed by atoms with Gasteiger partial charge >= 0.3 is 0 Å². The Kier molecular flexibility index (Phi) is 8.92. The van der Waals surface area contributed by atoms with Gasteiger partial charge in [-0.3, -0.25) is 18.0 Å². The number of ketones is 2. The third-order valence-electron chi connectivity index (χ3n) is 6.33. The van der Waals surface area contributed by atoms with Gasteiger partial charge in [-0.1, -0.05) is 12.1 Å². The standard InChI is InChI=1S/C30H26O10S2/c1-19-5-6-22(17-27(19)41(33,34)38-3)30(32)23-11-16-26(28(18-23)42(35,36)39-4)40-25-14-9-21(10-15-25)29(31)20-7-12-24(37-2)13-8-20/h5-18H,1-4H3. The van der Waals surface area contributed by atoms with Gasteiger partial charge in [0.1, 0.15) is 22.1 Å². The fraction of sp³-hybridized carbons (Fsp3) is 0.133. The molecule has 0 aliphatic heterocycles. The van der Waals surface area contributed by atoms with Crippen LogP contribution in [-0.4, -0.2) is 49.7 Å². The lowest BCUT2D eigenvalue weighted by atomic mass is 10.0. The van der Waals surface area contributed by atoms with Crippen molar-refractivity contribution in [1.82, 2.24) is 0 Å². The molecule has 0 saturated heterocycles. The average Bonchev–Trinajstić information content (AvgIpc) is 3.01. The number of carbonyl (C=O) groups is 2. The molecule has 4 aromatic rings. The van der Waals surface area contributed by atoms with Gasteiger partial charge in [-0.25, -0.2) is 0 Å². The maximum atomic E-state index is 13.3. The third-order valence-corrected chi connectivity index (χ3v) is 9.04. The zero-order valence-electron chi connectivity index (χ0n) is 23.0. The van der Waals surface area contributed by atoms with Crippen LogP contribution in [0.3, 0.4) is 0 Å². The molecule has 0 aromatic heterocycles. The van der Waals surface area contributed by atoms with Crippen LogP contribution in [0, 0.1) is 6.92 Å². The van der Waals surface area contributed by atoms with E-state index in [9.17, 15) is 26.4 Å². The van der Waals surface area contributed by atoms with Crippen LogP contribution in [0.4, 0.5) is 0 Å². The summed E-state index contributed by atoms with van der Waals surface area (Å²) in [6, 6.07) is 20.5. The number of ether oxygens (including phenoxy) is 2. The Morgan fingerprint density at radius 2 is 0.976 bits per heavy atom. The quantitative estimate of drug-likeness (QED) is 0.170. The third kappa shape index (κ3) is 6.42. The van der Waals surface area contributed by atoms with E-state index in [0.717, 1.165) is 20.3 Å². The van der Waals surface area contributed by atoms with E-state index in [1.165, 1.54) is 61.7 Å². The summed E-state index contributed by atoms with van der Waals surface area (Å²) in [7, 11) is -4.93. The Bertz CT molecular complexity index is 1860. The number of hydrogen-bond donors (Lipinski definition) is 0. The predicted molar refractivity (Wildman–Crippen MR) is 152 cm³/mol. The lowest BCUT2D eigenvalue weighted by molar-refractivity contribution is 0.103. The Hall–Kier alpha value is -4.36. The minimum Gasteiger partial charge on any atom is -0.497 e. The summed E-state index contributed by atoms with van der Waals surface area (Å²) in [6.07, 6.45) is 0. The van der Waals surface area contributed by atoms with Gasteiger partial charge < -0.3 is 9.47 Å². The van der Waals surface area contributed by atoms with Gasteiger partial charge in [-0.05, 0) is 85.3 Å². The Morgan fingerprint density at radius 1 is 0.548 bits per heavy atom. The largest absolute Gasteiger partial charge is 0.497 e. The SMILES string of the molecule is COc1ccc(C(=O)c2ccc(Oc3ccc(C(=O)c4ccc(C)c(S(=O)(=O)OC)c4)cc3S(=O)(=O)OC)cc2)cc1. The molecule has 4 aromatic carbocycles. The monoisotopic (exact) mass is 610 g/mol. The van der Waals surface area contributed by atoms with E-state index < -0.39 is 30.9 Å². The van der Waals surface area contributed by atoms with Gasteiger partial charge in [-0.2, -0.15) is 16.8 Å². The number of hydrogen-bond acceptors (Lipinski definition) is 10. The molecule has 0 heterocycles. The first kappa shape index (κ1) is 30.6. The van der Waals surface area contributed by atoms with Crippen LogP contribution in [0.25, 0.3) is 0 Å². The van der Waals surface area contributed by atoms with Crippen molar-refractivity contribution < 1.29 is 44.3 Å². The van der Waals surface area contributed by atoms with E-state index in [4.69, 9.17) is 9.47 Å². The fourth-order valence-electron chi connectivity index (χ4n) is 4.00. The lowest BCUT2D eigenvalue weighted by Gasteiger charge is -2.13. The molecule has 0 aliphatic carbocycles. The highest BCUT2D eigenvalue weighted by Gasteiger charge is 2.24. The molecule has 0 saturated carbocycles. The Balaban J connectivity index is 1.64. The highest BCUT2D eigenvalue weighted by molar-refractivity contribution is 7.87. The number of benzene rings is 4. The number of carbonyl (C=O) groups excluding carboxylic acids is 2. The highest BCUT2D eigenvalue weighted by atomic mass is 32.2. The molecule has 0 spiro atoms. The van der Waals surface area contributed by atoms with E-state index >= 15 is 0 Å². The molecule has 0 atom stereocenters. The van der Waals surface area contributed by atoms with E-state index in [1.54, 1.807) is 31.2 Å². The van der Waals surface area contributed by atoms with Crippen LogP contribution >= 0.6 is 0 Å². The van der Waals surface area contributed by atoms with Crippen LogP contribution in [-0.2, 0) is 28.6 Å². The van der Waals surface area contributed by atoms with Crippen LogP contribution in [0.2, 0.25) is 0 Å². The average molecular weight is 611 g/mol. The zero-order valence-corrected chi connectivity index (χ0v) is 24.6. The van der Waals surface area contributed by atoms with Crippen LogP contribution in [0.1, 0.15) is 37.4 Å². The summed E-state index contributed by atoms with van der Waals surface area (Å²) in [5.41, 5.74) is 1.16. The zero-order chi connectivity index (χ0) is 30.7. The van der Waals surface area contributed by atoms with Gasteiger partial charge in [0.05, 0.1) is 26.2 Å². The molecular formula is C30H26O10S2. The van der Waals surface area contributed by atoms with Crippen molar-refractivity contribution in [2.45, 2.75) is 16.7 Å². The van der Waals surface area contributed by atoms with Crippen molar-refractivity contribution in [2.75, 3.05) is 21.3 Å². The molecule has 0 amide bonds. The lowest BCUT2D eigenvalue weighted by Crippen LogP contribution is -2.10. The second-order valence-corrected chi connectivity index (χ2v) is 12.3. The van der Waals surface area contributed by atoms with Crippen molar-refractivity contribution >= 4 is 31.8 Å². The molecule has 0 radical (unpaired) electrons. The second-order valence-electron chi connectivity index (χ2n) is 8.90. The van der Waals surface area contributed by atoms with Gasteiger partial charge in [0.2, 0.25) is 0 Å². The first-order valence-corrected chi connectivity index (χ1v) is 15.1. The Morgan fingerprint density at radius 3 is 1.50 bits per heavy atom. The maximum Gasteiger partial charge on any atom is 0.300 e. The number of methoxy groups -OCH3 is 1. The van der Waals surface area contributed by atoms with Crippen LogP contribution < -0.4 is 9.47 Å². The summed E-state index contributed by atoms with van der Waals surface area (Å²) >= 11 is 0.